The Kier molecular flexibility index (Phi) is 3.77. The molecule has 0 saturated carbocycles. The molecule has 0 aromatic heterocycles. The first-order valence-electron chi connectivity index (χ1n) is 7.25. The predicted molar refractivity (Wildman–Crippen MR) is 85.7 cm³/mol. The maximum atomic E-state index is 12.3. The zero-order chi connectivity index (χ0) is 14.7. The average Bonchev–Trinajstić information content (AvgIpc) is 3.04. The van der Waals surface area contributed by atoms with Crippen LogP contribution >= 0.6 is 0 Å². The normalized spacial score (nSPS) is 14.2. The number of hydrogen-bond acceptors (Lipinski definition) is 3. The number of hydrogen-bond donors (Lipinski definition) is 2. The van der Waals surface area contributed by atoms with Crippen LogP contribution in [0.5, 0.6) is 0 Å². The number of nitrogen functional groups attached to an aromatic ring is 1. The van der Waals surface area contributed by atoms with Gasteiger partial charge in [0.1, 0.15) is 0 Å². The van der Waals surface area contributed by atoms with E-state index in [1.807, 2.05) is 47.4 Å². The van der Waals surface area contributed by atoms with E-state index in [2.05, 4.69) is 5.32 Å². The number of carbonyl (C=O) groups is 1. The van der Waals surface area contributed by atoms with Crippen molar-refractivity contribution in [3.8, 4) is 0 Å². The van der Waals surface area contributed by atoms with Gasteiger partial charge in [-0.25, -0.2) is 0 Å². The summed E-state index contributed by atoms with van der Waals surface area (Å²) < 4.78 is 0. The molecular formula is C17H19N3O. The molecule has 0 atom stereocenters. The maximum absolute atomic E-state index is 12.3. The second-order valence-corrected chi connectivity index (χ2v) is 5.29. The molecule has 21 heavy (non-hydrogen) atoms. The summed E-state index contributed by atoms with van der Waals surface area (Å²) in [5.74, 6) is 0.0745. The van der Waals surface area contributed by atoms with Gasteiger partial charge in [0.25, 0.3) is 5.91 Å². The molecule has 0 radical (unpaired) electrons. The minimum absolute atomic E-state index is 0.0745. The van der Waals surface area contributed by atoms with Crippen LogP contribution in [-0.2, 0) is 0 Å². The lowest BCUT2D eigenvalue weighted by atomic mass is 10.1. The van der Waals surface area contributed by atoms with E-state index in [1.54, 1.807) is 6.07 Å². The zero-order valence-corrected chi connectivity index (χ0v) is 11.9. The molecular weight excluding hydrogens is 262 g/mol. The molecule has 0 bridgehead atoms. The van der Waals surface area contributed by atoms with E-state index in [1.165, 1.54) is 0 Å². The molecule has 1 fully saturated rings. The van der Waals surface area contributed by atoms with Crippen LogP contribution in [0.15, 0.2) is 48.5 Å². The fourth-order valence-electron chi connectivity index (χ4n) is 2.59. The Hall–Kier alpha value is -2.49. The number of anilines is 3. The van der Waals surface area contributed by atoms with Crippen LogP contribution in [0, 0.1) is 0 Å². The Morgan fingerprint density at radius 1 is 1.05 bits per heavy atom. The van der Waals surface area contributed by atoms with Crippen molar-refractivity contribution in [2.45, 2.75) is 12.8 Å². The average molecular weight is 281 g/mol. The molecule has 4 nitrogen and oxygen atoms in total. The highest BCUT2D eigenvalue weighted by atomic mass is 16.2. The molecule has 1 saturated heterocycles. The molecule has 108 valence electrons. The first-order valence-corrected chi connectivity index (χ1v) is 7.25. The maximum Gasteiger partial charge on any atom is 0.253 e. The van der Waals surface area contributed by atoms with Gasteiger partial charge in [-0.05, 0) is 43.2 Å². The number of benzene rings is 2. The van der Waals surface area contributed by atoms with E-state index in [0.717, 1.165) is 37.3 Å². The van der Waals surface area contributed by atoms with Gasteiger partial charge in [-0.2, -0.15) is 0 Å². The Bertz CT molecular complexity index is 634. The topological polar surface area (TPSA) is 58.4 Å². The Morgan fingerprint density at radius 2 is 1.76 bits per heavy atom. The van der Waals surface area contributed by atoms with Crippen LogP contribution in [0.2, 0.25) is 0 Å². The molecule has 2 aromatic rings. The third-order valence-corrected chi connectivity index (χ3v) is 3.74. The van der Waals surface area contributed by atoms with Crippen molar-refractivity contribution in [1.82, 2.24) is 4.90 Å². The SMILES string of the molecule is Nc1cc(C(=O)N2CCCC2)ccc1Nc1ccccc1. The van der Waals surface area contributed by atoms with E-state index in [0.29, 0.717) is 11.3 Å². The molecule has 0 spiro atoms. The number of nitrogens with one attached hydrogen (secondary N) is 1. The highest BCUT2D eigenvalue weighted by molar-refractivity contribution is 5.96. The van der Waals surface area contributed by atoms with Crippen molar-refractivity contribution in [3.05, 3.63) is 54.1 Å². The number of rotatable bonds is 3. The van der Waals surface area contributed by atoms with Gasteiger partial charge in [-0.15, -0.1) is 0 Å². The summed E-state index contributed by atoms with van der Waals surface area (Å²) in [5.41, 5.74) is 9.11. The van der Waals surface area contributed by atoms with E-state index >= 15 is 0 Å². The van der Waals surface area contributed by atoms with Gasteiger partial charge in [0.2, 0.25) is 0 Å². The van der Waals surface area contributed by atoms with Crippen LogP contribution in [0.25, 0.3) is 0 Å². The molecule has 4 heteroatoms. The number of carbonyl (C=O) groups excluding carboxylic acids is 1. The lowest BCUT2D eigenvalue weighted by molar-refractivity contribution is 0.0793. The van der Waals surface area contributed by atoms with Crippen molar-refractivity contribution in [2.24, 2.45) is 0 Å². The quantitative estimate of drug-likeness (QED) is 0.849. The first-order chi connectivity index (χ1) is 10.2. The van der Waals surface area contributed by atoms with Gasteiger partial charge >= 0.3 is 0 Å². The molecule has 2 aromatic carbocycles. The third kappa shape index (κ3) is 2.99. The van der Waals surface area contributed by atoms with Crippen LogP contribution in [0.3, 0.4) is 0 Å². The van der Waals surface area contributed by atoms with Gasteiger partial charge in [-0.1, -0.05) is 18.2 Å². The van der Waals surface area contributed by atoms with Gasteiger partial charge in [-0.3, -0.25) is 4.79 Å². The molecule has 1 heterocycles. The van der Waals surface area contributed by atoms with Crippen molar-refractivity contribution in [3.63, 3.8) is 0 Å². The first kappa shape index (κ1) is 13.5. The molecule has 1 aliphatic rings. The number of amides is 1. The summed E-state index contributed by atoms with van der Waals surface area (Å²) in [6.07, 6.45) is 2.18. The van der Waals surface area contributed by atoms with Gasteiger partial charge in [0.15, 0.2) is 0 Å². The van der Waals surface area contributed by atoms with Crippen LogP contribution in [0.1, 0.15) is 23.2 Å². The highest BCUT2D eigenvalue weighted by Gasteiger charge is 2.19. The number of nitrogens with two attached hydrogens (primary N) is 1. The summed E-state index contributed by atoms with van der Waals surface area (Å²) in [4.78, 5) is 14.2. The van der Waals surface area contributed by atoms with Crippen LogP contribution in [-0.4, -0.2) is 23.9 Å². The van der Waals surface area contributed by atoms with Crippen molar-refractivity contribution >= 4 is 23.0 Å². The smallest absolute Gasteiger partial charge is 0.253 e. The summed E-state index contributed by atoms with van der Waals surface area (Å²) in [6.45, 7) is 1.70. The monoisotopic (exact) mass is 281 g/mol. The van der Waals surface area contributed by atoms with Crippen molar-refractivity contribution < 1.29 is 4.79 Å². The summed E-state index contributed by atoms with van der Waals surface area (Å²) in [6, 6.07) is 15.3. The lowest BCUT2D eigenvalue weighted by Crippen LogP contribution is -2.27. The molecule has 3 N–H and O–H groups in total. The number of para-hydroxylation sites is 1. The van der Waals surface area contributed by atoms with Crippen molar-refractivity contribution in [1.29, 1.82) is 0 Å². The van der Waals surface area contributed by atoms with E-state index in [-0.39, 0.29) is 5.91 Å². The zero-order valence-electron chi connectivity index (χ0n) is 11.9. The van der Waals surface area contributed by atoms with Gasteiger partial charge in [0, 0.05) is 24.3 Å². The second kappa shape index (κ2) is 5.87. The molecule has 1 aliphatic heterocycles. The molecule has 3 rings (SSSR count). The fourth-order valence-corrected chi connectivity index (χ4v) is 2.59. The van der Waals surface area contributed by atoms with Gasteiger partial charge in [0.05, 0.1) is 11.4 Å². The summed E-state index contributed by atoms with van der Waals surface area (Å²) in [7, 11) is 0. The Labute approximate surface area is 124 Å². The minimum atomic E-state index is 0.0745. The number of nitrogens with zero attached hydrogens (tertiary/aromatic N) is 1. The Balaban J connectivity index is 1.78. The third-order valence-electron chi connectivity index (χ3n) is 3.74. The van der Waals surface area contributed by atoms with E-state index in [9.17, 15) is 4.79 Å². The standard InChI is InChI=1S/C17H19N3O/c18-15-12-13(17(21)20-10-4-5-11-20)8-9-16(15)19-14-6-2-1-3-7-14/h1-3,6-9,12,19H,4-5,10-11,18H2. The fraction of sp³-hybridized carbons (Fsp3) is 0.235. The lowest BCUT2D eigenvalue weighted by Gasteiger charge is -2.16. The van der Waals surface area contributed by atoms with E-state index in [4.69, 9.17) is 5.73 Å². The molecule has 0 unspecified atom stereocenters. The van der Waals surface area contributed by atoms with Crippen molar-refractivity contribution in [2.75, 3.05) is 24.1 Å². The minimum Gasteiger partial charge on any atom is -0.397 e. The second-order valence-electron chi connectivity index (χ2n) is 5.29. The predicted octanol–water partition coefficient (Wildman–Crippen LogP) is 3.25. The van der Waals surface area contributed by atoms with Crippen LogP contribution in [0.4, 0.5) is 17.1 Å². The van der Waals surface area contributed by atoms with E-state index < -0.39 is 0 Å². The number of likely N-dealkylation sites (tertiary alicyclic amines) is 1. The highest BCUT2D eigenvalue weighted by Crippen LogP contribution is 2.25. The largest absolute Gasteiger partial charge is 0.397 e. The van der Waals surface area contributed by atoms with Gasteiger partial charge < -0.3 is 16.0 Å². The summed E-state index contributed by atoms with van der Waals surface area (Å²) >= 11 is 0. The summed E-state index contributed by atoms with van der Waals surface area (Å²) in [5, 5.41) is 3.26. The molecule has 1 amide bonds. The Morgan fingerprint density at radius 3 is 2.43 bits per heavy atom. The van der Waals surface area contributed by atoms with Crippen LogP contribution < -0.4 is 11.1 Å². The molecule has 0 aliphatic carbocycles.